The van der Waals surface area contributed by atoms with Gasteiger partial charge in [-0.2, -0.15) is 0 Å². The van der Waals surface area contributed by atoms with Crippen LogP contribution in [0.1, 0.15) is 40.2 Å². The smallest absolute Gasteiger partial charge is 0.0765 e. The largest absolute Gasteiger partial charge is 0.389 e. The Morgan fingerprint density at radius 3 is 2.42 bits per heavy atom. The number of rotatable bonds is 7. The number of hydrogen-bond acceptors (Lipinski definition) is 3. The fourth-order valence-corrected chi connectivity index (χ4v) is 2.12. The zero-order chi connectivity index (χ0) is 14.5. The third kappa shape index (κ3) is 5.62. The molecule has 0 spiro atoms. The van der Waals surface area contributed by atoms with E-state index in [1.54, 1.807) is 0 Å². The number of para-hydroxylation sites is 1. The molecule has 0 aliphatic heterocycles. The second-order valence-corrected chi connectivity index (χ2v) is 5.99. The maximum absolute atomic E-state index is 10.0. The van der Waals surface area contributed by atoms with E-state index in [-0.39, 0.29) is 0 Å². The van der Waals surface area contributed by atoms with Gasteiger partial charge in [-0.05, 0) is 32.4 Å². The van der Waals surface area contributed by atoms with Crippen molar-refractivity contribution in [1.82, 2.24) is 5.32 Å². The van der Waals surface area contributed by atoms with Crippen LogP contribution in [-0.2, 0) is 6.54 Å². The number of benzene rings is 1. The van der Waals surface area contributed by atoms with Crippen LogP contribution in [0.2, 0.25) is 0 Å². The van der Waals surface area contributed by atoms with Crippen molar-refractivity contribution in [3.63, 3.8) is 0 Å². The molecule has 108 valence electrons. The van der Waals surface area contributed by atoms with Gasteiger partial charge >= 0.3 is 0 Å². The van der Waals surface area contributed by atoms with Crippen molar-refractivity contribution < 1.29 is 5.11 Å². The average molecular weight is 264 g/mol. The minimum absolute atomic E-state index is 0.470. The van der Waals surface area contributed by atoms with Crippen LogP contribution in [0.15, 0.2) is 24.3 Å². The highest BCUT2D eigenvalue weighted by molar-refractivity contribution is 5.53. The standard InChI is InChI=1S/C16H28N2O/c1-6-18(12-16(4,5)19)15-10-8-7-9-14(15)11-17-13(2)3/h7-10,13,17,19H,6,11-12H2,1-5H3. The lowest BCUT2D eigenvalue weighted by atomic mass is 10.1. The van der Waals surface area contributed by atoms with Gasteiger partial charge in [0.25, 0.3) is 0 Å². The molecule has 1 aromatic rings. The van der Waals surface area contributed by atoms with E-state index in [9.17, 15) is 5.11 Å². The molecule has 0 bridgehead atoms. The topological polar surface area (TPSA) is 35.5 Å². The molecule has 3 heteroatoms. The number of anilines is 1. The first-order valence-corrected chi connectivity index (χ1v) is 7.12. The van der Waals surface area contributed by atoms with Crippen molar-refractivity contribution >= 4 is 5.69 Å². The Labute approximate surface area is 117 Å². The maximum Gasteiger partial charge on any atom is 0.0765 e. The Hall–Kier alpha value is -1.06. The molecule has 0 unspecified atom stereocenters. The molecule has 0 fully saturated rings. The molecule has 0 saturated heterocycles. The minimum atomic E-state index is -0.686. The first-order chi connectivity index (χ1) is 8.83. The summed E-state index contributed by atoms with van der Waals surface area (Å²) >= 11 is 0. The van der Waals surface area contributed by atoms with E-state index in [0.717, 1.165) is 13.1 Å². The van der Waals surface area contributed by atoms with E-state index in [0.29, 0.717) is 12.6 Å². The van der Waals surface area contributed by atoms with E-state index in [2.05, 4.69) is 55.3 Å². The van der Waals surface area contributed by atoms with Crippen LogP contribution in [0.5, 0.6) is 0 Å². The Balaban J connectivity index is 2.90. The van der Waals surface area contributed by atoms with Crippen molar-refractivity contribution in [2.75, 3.05) is 18.0 Å². The van der Waals surface area contributed by atoms with E-state index in [1.807, 2.05) is 13.8 Å². The Morgan fingerprint density at radius 1 is 1.26 bits per heavy atom. The highest BCUT2D eigenvalue weighted by Gasteiger charge is 2.19. The summed E-state index contributed by atoms with van der Waals surface area (Å²) in [6.07, 6.45) is 0. The summed E-state index contributed by atoms with van der Waals surface area (Å²) in [5.74, 6) is 0. The quantitative estimate of drug-likeness (QED) is 0.795. The lowest BCUT2D eigenvalue weighted by molar-refractivity contribution is 0.0875. The lowest BCUT2D eigenvalue weighted by Gasteiger charge is -2.31. The summed E-state index contributed by atoms with van der Waals surface area (Å²) in [6, 6.07) is 8.88. The lowest BCUT2D eigenvalue weighted by Crippen LogP contribution is -2.39. The monoisotopic (exact) mass is 264 g/mol. The van der Waals surface area contributed by atoms with Gasteiger partial charge in [0.05, 0.1) is 5.60 Å². The van der Waals surface area contributed by atoms with Crippen LogP contribution >= 0.6 is 0 Å². The molecule has 1 aromatic carbocycles. The minimum Gasteiger partial charge on any atom is -0.389 e. The fraction of sp³-hybridized carbons (Fsp3) is 0.625. The van der Waals surface area contributed by atoms with Crippen LogP contribution in [0.4, 0.5) is 5.69 Å². The predicted molar refractivity (Wildman–Crippen MR) is 82.6 cm³/mol. The fourth-order valence-electron chi connectivity index (χ4n) is 2.12. The molecule has 3 nitrogen and oxygen atoms in total. The first kappa shape index (κ1) is 16.0. The van der Waals surface area contributed by atoms with Crippen molar-refractivity contribution in [1.29, 1.82) is 0 Å². The number of hydrogen-bond donors (Lipinski definition) is 2. The summed E-state index contributed by atoms with van der Waals surface area (Å²) in [5.41, 5.74) is 1.80. The van der Waals surface area contributed by atoms with Gasteiger partial charge in [0.2, 0.25) is 0 Å². The van der Waals surface area contributed by atoms with Crippen molar-refractivity contribution in [2.45, 2.75) is 52.8 Å². The molecule has 0 amide bonds. The van der Waals surface area contributed by atoms with E-state index in [4.69, 9.17) is 0 Å². The number of likely N-dealkylation sites (N-methyl/N-ethyl adjacent to an activating group) is 1. The number of nitrogens with one attached hydrogen (secondary N) is 1. The highest BCUT2D eigenvalue weighted by atomic mass is 16.3. The third-order valence-corrected chi connectivity index (χ3v) is 2.99. The molecule has 0 heterocycles. The van der Waals surface area contributed by atoms with Crippen LogP contribution < -0.4 is 10.2 Å². The normalized spacial score (nSPS) is 11.9. The van der Waals surface area contributed by atoms with Crippen molar-refractivity contribution in [3.05, 3.63) is 29.8 Å². The molecule has 0 radical (unpaired) electrons. The molecule has 2 N–H and O–H groups in total. The van der Waals surface area contributed by atoms with Gasteiger partial charge in [-0.1, -0.05) is 32.0 Å². The van der Waals surface area contributed by atoms with Crippen molar-refractivity contribution in [3.8, 4) is 0 Å². The molecule has 0 saturated carbocycles. The molecule has 19 heavy (non-hydrogen) atoms. The van der Waals surface area contributed by atoms with E-state index in [1.165, 1.54) is 11.3 Å². The van der Waals surface area contributed by atoms with Crippen LogP contribution in [-0.4, -0.2) is 29.8 Å². The summed E-state index contributed by atoms with van der Waals surface area (Å²) in [7, 11) is 0. The van der Waals surface area contributed by atoms with Gasteiger partial charge in [-0.15, -0.1) is 0 Å². The summed E-state index contributed by atoms with van der Waals surface area (Å²) in [5, 5.41) is 13.5. The molecular weight excluding hydrogens is 236 g/mol. The second-order valence-electron chi connectivity index (χ2n) is 5.99. The first-order valence-electron chi connectivity index (χ1n) is 7.12. The predicted octanol–water partition coefficient (Wildman–Crippen LogP) is 2.78. The molecule has 0 atom stereocenters. The molecule has 0 aromatic heterocycles. The van der Waals surface area contributed by atoms with Gasteiger partial charge in [0.15, 0.2) is 0 Å². The zero-order valence-corrected chi connectivity index (χ0v) is 12.9. The number of aliphatic hydroxyl groups is 1. The van der Waals surface area contributed by atoms with Gasteiger partial charge < -0.3 is 15.3 Å². The Bertz CT molecular complexity index is 383. The van der Waals surface area contributed by atoms with Gasteiger partial charge in [0.1, 0.15) is 0 Å². The number of nitrogens with zero attached hydrogens (tertiary/aromatic N) is 1. The average Bonchev–Trinajstić information content (AvgIpc) is 2.33. The second kappa shape index (κ2) is 6.92. The van der Waals surface area contributed by atoms with Crippen LogP contribution in [0, 0.1) is 0 Å². The van der Waals surface area contributed by atoms with E-state index < -0.39 is 5.60 Å². The molecule has 1 rings (SSSR count). The summed E-state index contributed by atoms with van der Waals surface area (Å²) < 4.78 is 0. The van der Waals surface area contributed by atoms with Crippen LogP contribution in [0.25, 0.3) is 0 Å². The zero-order valence-electron chi connectivity index (χ0n) is 12.9. The van der Waals surface area contributed by atoms with E-state index >= 15 is 0 Å². The maximum atomic E-state index is 10.0. The Kier molecular flexibility index (Phi) is 5.83. The molecule has 0 aliphatic carbocycles. The summed E-state index contributed by atoms with van der Waals surface area (Å²) in [4.78, 5) is 2.23. The van der Waals surface area contributed by atoms with Gasteiger partial charge in [-0.25, -0.2) is 0 Å². The third-order valence-electron chi connectivity index (χ3n) is 2.99. The highest BCUT2D eigenvalue weighted by Crippen LogP contribution is 2.22. The van der Waals surface area contributed by atoms with Gasteiger partial charge in [0, 0.05) is 31.4 Å². The summed E-state index contributed by atoms with van der Waals surface area (Å²) in [6.45, 7) is 12.5. The Morgan fingerprint density at radius 2 is 1.89 bits per heavy atom. The van der Waals surface area contributed by atoms with Crippen molar-refractivity contribution in [2.24, 2.45) is 0 Å². The molecule has 0 aliphatic rings. The van der Waals surface area contributed by atoms with Crippen LogP contribution in [0.3, 0.4) is 0 Å². The SMILES string of the molecule is CCN(CC(C)(C)O)c1ccccc1CNC(C)C. The molecular formula is C16H28N2O. The van der Waals surface area contributed by atoms with Gasteiger partial charge in [-0.3, -0.25) is 0 Å².